The summed E-state index contributed by atoms with van der Waals surface area (Å²) < 4.78 is 16.1. The number of fused-ring (bicyclic) bond motifs is 5. The predicted molar refractivity (Wildman–Crippen MR) is 175 cm³/mol. The molecule has 0 radical (unpaired) electrons. The number of benzene rings is 2. The van der Waals surface area contributed by atoms with Crippen molar-refractivity contribution in [2.75, 3.05) is 13.1 Å². The molecule has 6 heteroatoms. The van der Waals surface area contributed by atoms with Crippen LogP contribution >= 0.6 is 0 Å². The smallest absolute Gasteiger partial charge is 0.253 e. The van der Waals surface area contributed by atoms with Gasteiger partial charge in [-0.3, -0.25) is 4.79 Å². The van der Waals surface area contributed by atoms with Gasteiger partial charge < -0.3 is 15.1 Å². The van der Waals surface area contributed by atoms with Gasteiger partial charge in [0.1, 0.15) is 11.9 Å². The van der Waals surface area contributed by atoms with Crippen molar-refractivity contribution in [1.82, 2.24) is 4.90 Å². The van der Waals surface area contributed by atoms with Crippen molar-refractivity contribution in [2.24, 2.45) is 29.1 Å². The Bertz CT molecular complexity index is 1370. The van der Waals surface area contributed by atoms with E-state index in [1.54, 1.807) is 30.3 Å². The van der Waals surface area contributed by atoms with E-state index in [1.807, 2.05) is 12.1 Å². The topological polar surface area (TPSA) is 84.6 Å². The highest BCUT2D eigenvalue weighted by molar-refractivity contribution is 5.94. The highest BCUT2D eigenvalue weighted by atomic mass is 19.1. The summed E-state index contributed by atoms with van der Waals surface area (Å²) in [7, 11) is 0. The molecule has 0 aromatic heterocycles. The van der Waals surface area contributed by atoms with Gasteiger partial charge in [0.2, 0.25) is 0 Å². The lowest BCUT2D eigenvalue weighted by atomic mass is 9.51. The minimum absolute atomic E-state index is 0.0695. The molecule has 0 spiro atoms. The van der Waals surface area contributed by atoms with Gasteiger partial charge in [0.25, 0.3) is 5.91 Å². The van der Waals surface area contributed by atoms with Crippen LogP contribution in [0.5, 0.6) is 5.75 Å². The molecule has 0 bridgehead atoms. The van der Waals surface area contributed by atoms with Gasteiger partial charge in [0.15, 0.2) is 0 Å². The van der Waals surface area contributed by atoms with Crippen molar-refractivity contribution in [2.45, 2.75) is 115 Å². The Morgan fingerprint density at radius 3 is 2.53 bits per heavy atom. The van der Waals surface area contributed by atoms with Crippen LogP contribution in [0.4, 0.5) is 4.39 Å². The maximum absolute atomic E-state index is 16.1. The van der Waals surface area contributed by atoms with Crippen LogP contribution in [0, 0.1) is 40.4 Å². The van der Waals surface area contributed by atoms with Gasteiger partial charge in [-0.2, -0.15) is 5.26 Å². The van der Waals surface area contributed by atoms with Crippen LogP contribution in [-0.2, 0) is 6.42 Å². The maximum Gasteiger partial charge on any atom is 0.253 e. The second-order valence-electron chi connectivity index (χ2n) is 15.0. The minimum atomic E-state index is -0.973. The molecule has 0 saturated heterocycles. The Morgan fingerprint density at radius 1 is 1.02 bits per heavy atom. The lowest BCUT2D eigenvalue weighted by molar-refractivity contribution is -0.0722. The van der Waals surface area contributed by atoms with Gasteiger partial charge in [-0.05, 0) is 128 Å². The number of aliphatic hydroxyl groups excluding tert-OH is 1. The Kier molecular flexibility index (Phi) is 9.85. The number of halogens is 1. The Morgan fingerprint density at radius 2 is 1.78 bits per heavy atom. The van der Waals surface area contributed by atoms with E-state index in [0.717, 1.165) is 75.6 Å². The van der Waals surface area contributed by atoms with Crippen LogP contribution in [-0.4, -0.2) is 46.4 Å². The summed E-state index contributed by atoms with van der Waals surface area (Å²) >= 11 is 0. The minimum Gasteiger partial charge on any atom is -0.508 e. The van der Waals surface area contributed by atoms with Gasteiger partial charge >= 0.3 is 0 Å². The standard InChI is InChI=1S/C39H51FN2O3/c1-39-23-34(40)37-32-17-16-31(43)22-30(32)21-29(36(37)33(39)18-19-35(39)44)11-7-2-3-8-20-42(25-27-9-5-4-6-10-27)38(45)28-14-12-26(24-41)13-15-28/h12-17,22,27,29,33-37,43-44H,2-11,18-21,23,25H2,1H3/t29-,33?,34+,35+,36?,37?,39+/m1/s1. The quantitative estimate of drug-likeness (QED) is 0.264. The largest absolute Gasteiger partial charge is 0.508 e. The molecule has 4 aliphatic carbocycles. The number of aliphatic hydroxyl groups is 1. The second-order valence-corrected chi connectivity index (χ2v) is 15.0. The molecule has 2 aromatic rings. The van der Waals surface area contributed by atoms with Crippen LogP contribution in [0.15, 0.2) is 42.5 Å². The van der Waals surface area contributed by atoms with Crippen LogP contribution in [0.25, 0.3) is 0 Å². The normalized spacial score (nSPS) is 31.0. The average Bonchev–Trinajstić information content (AvgIpc) is 3.34. The van der Waals surface area contributed by atoms with E-state index >= 15 is 4.39 Å². The number of unbranched alkanes of at least 4 members (excludes halogenated alkanes) is 3. The third-order valence-electron chi connectivity index (χ3n) is 12.3. The van der Waals surface area contributed by atoms with Gasteiger partial charge in [0.05, 0.1) is 17.7 Å². The Labute approximate surface area is 268 Å². The van der Waals surface area contributed by atoms with Gasteiger partial charge in [0, 0.05) is 24.6 Å². The zero-order valence-electron chi connectivity index (χ0n) is 27.0. The fraction of sp³-hybridized carbons (Fsp3) is 0.641. The third kappa shape index (κ3) is 6.66. The first-order chi connectivity index (χ1) is 21.8. The predicted octanol–water partition coefficient (Wildman–Crippen LogP) is 8.33. The molecule has 0 heterocycles. The molecule has 3 fully saturated rings. The number of carbonyl (C=O) groups is 1. The number of nitrogens with zero attached hydrogens (tertiary/aromatic N) is 2. The van der Waals surface area contributed by atoms with E-state index in [0.29, 0.717) is 35.3 Å². The molecule has 2 N–H and O–H groups in total. The number of carbonyl (C=O) groups excluding carboxylic acids is 1. The van der Waals surface area contributed by atoms with Crippen molar-refractivity contribution >= 4 is 5.91 Å². The van der Waals surface area contributed by atoms with Crippen LogP contribution < -0.4 is 0 Å². The third-order valence-corrected chi connectivity index (χ3v) is 12.3. The Hall–Kier alpha value is -2.91. The summed E-state index contributed by atoms with van der Waals surface area (Å²) in [6.45, 7) is 3.68. The van der Waals surface area contributed by atoms with E-state index < -0.39 is 12.3 Å². The lowest BCUT2D eigenvalue weighted by Crippen LogP contribution is -2.51. The number of amides is 1. The molecule has 242 valence electrons. The van der Waals surface area contributed by atoms with E-state index in [9.17, 15) is 15.0 Å². The van der Waals surface area contributed by atoms with Crippen molar-refractivity contribution in [3.8, 4) is 11.8 Å². The highest BCUT2D eigenvalue weighted by Gasteiger charge is 2.59. The van der Waals surface area contributed by atoms with Crippen molar-refractivity contribution in [3.63, 3.8) is 0 Å². The van der Waals surface area contributed by atoms with Crippen molar-refractivity contribution in [1.29, 1.82) is 5.26 Å². The summed E-state index contributed by atoms with van der Waals surface area (Å²) in [5.74, 6) is 1.65. The zero-order valence-corrected chi connectivity index (χ0v) is 27.0. The summed E-state index contributed by atoms with van der Waals surface area (Å²) in [5, 5.41) is 30.3. The Balaban J connectivity index is 1.08. The van der Waals surface area contributed by atoms with Crippen molar-refractivity contribution < 1.29 is 19.4 Å². The van der Waals surface area contributed by atoms with Gasteiger partial charge in [-0.15, -0.1) is 0 Å². The van der Waals surface area contributed by atoms with E-state index in [2.05, 4.69) is 17.9 Å². The fourth-order valence-electron chi connectivity index (χ4n) is 9.92. The first-order valence-corrected chi connectivity index (χ1v) is 17.7. The molecule has 4 aliphatic rings. The number of hydrogen-bond acceptors (Lipinski definition) is 4. The highest BCUT2D eigenvalue weighted by Crippen LogP contribution is 2.63. The molecule has 2 aromatic carbocycles. The average molecular weight is 615 g/mol. The van der Waals surface area contributed by atoms with Crippen LogP contribution in [0.1, 0.15) is 123 Å². The molecule has 5 nitrogen and oxygen atoms in total. The lowest BCUT2D eigenvalue weighted by Gasteiger charge is -2.54. The summed E-state index contributed by atoms with van der Waals surface area (Å²) in [5.41, 5.74) is 3.06. The number of phenols is 1. The molecule has 1 amide bonds. The number of aromatic hydroxyl groups is 1. The summed E-state index contributed by atoms with van der Waals surface area (Å²) in [6.07, 6.45) is 13.0. The molecule has 3 saturated carbocycles. The molecular weight excluding hydrogens is 563 g/mol. The van der Waals surface area contributed by atoms with Crippen molar-refractivity contribution in [3.05, 3.63) is 64.7 Å². The van der Waals surface area contributed by atoms with Gasteiger partial charge in [-0.1, -0.05) is 51.5 Å². The first kappa shape index (κ1) is 32.0. The number of phenolic OH excluding ortho intramolecular Hbond substituents is 1. The number of hydrogen-bond donors (Lipinski definition) is 2. The maximum atomic E-state index is 16.1. The monoisotopic (exact) mass is 614 g/mol. The SMILES string of the molecule is C[C@]12C[C@H](F)C3c4ccc(O)cc4C[C@@H](CCCCCCN(CC4CCCCC4)C(=O)c4ccc(C#N)cc4)C3C1CC[C@@H]2O. The molecule has 0 aliphatic heterocycles. The molecule has 45 heavy (non-hydrogen) atoms. The summed E-state index contributed by atoms with van der Waals surface area (Å²) in [6, 6.07) is 14.7. The number of nitriles is 1. The fourth-order valence-corrected chi connectivity index (χ4v) is 9.92. The van der Waals surface area contributed by atoms with Gasteiger partial charge in [-0.25, -0.2) is 4.39 Å². The van der Waals surface area contributed by atoms with E-state index in [-0.39, 0.29) is 28.9 Å². The van der Waals surface area contributed by atoms with Crippen LogP contribution in [0.2, 0.25) is 0 Å². The molecule has 3 unspecified atom stereocenters. The van der Waals surface area contributed by atoms with E-state index in [4.69, 9.17) is 5.26 Å². The zero-order chi connectivity index (χ0) is 31.6. The first-order valence-electron chi connectivity index (χ1n) is 17.7. The molecule has 7 atom stereocenters. The number of alkyl halides is 1. The summed E-state index contributed by atoms with van der Waals surface area (Å²) in [4.78, 5) is 15.6. The molecule has 6 rings (SSSR count). The van der Waals surface area contributed by atoms with E-state index in [1.165, 1.54) is 32.1 Å². The van der Waals surface area contributed by atoms with Crippen LogP contribution in [0.3, 0.4) is 0 Å². The second kappa shape index (κ2) is 13.8. The molecular formula is C39H51FN2O3. The number of rotatable bonds is 10.